The van der Waals surface area contributed by atoms with Crippen molar-refractivity contribution in [1.29, 1.82) is 0 Å². The first-order valence-electron chi connectivity index (χ1n) is 8.74. The zero-order valence-electron chi connectivity index (χ0n) is 14.0. The molecule has 0 saturated carbocycles. The van der Waals surface area contributed by atoms with Crippen molar-refractivity contribution in [2.75, 3.05) is 13.2 Å². The molecule has 3 heterocycles. The lowest BCUT2D eigenvalue weighted by molar-refractivity contribution is -0.0873. The summed E-state index contributed by atoms with van der Waals surface area (Å²) < 4.78 is 18.8. The summed E-state index contributed by atoms with van der Waals surface area (Å²) in [5.41, 5.74) is 1.64. The number of aromatic nitrogens is 1. The van der Waals surface area contributed by atoms with Crippen LogP contribution >= 0.6 is 0 Å². The normalized spacial score (nSPS) is 26.4. The van der Waals surface area contributed by atoms with Gasteiger partial charge in [-0.25, -0.2) is 4.39 Å². The number of carbonyl (C=O) groups is 1. The molecule has 2 saturated heterocycles. The van der Waals surface area contributed by atoms with Crippen molar-refractivity contribution in [1.82, 2.24) is 9.88 Å². The first-order valence-corrected chi connectivity index (χ1v) is 8.74. The highest BCUT2D eigenvalue weighted by atomic mass is 19.1. The Kier molecular flexibility index (Phi) is 4.59. The van der Waals surface area contributed by atoms with Crippen molar-refractivity contribution in [2.45, 2.75) is 31.5 Å². The number of rotatable bonds is 4. The summed E-state index contributed by atoms with van der Waals surface area (Å²) in [6.45, 7) is 2.20. The number of pyridine rings is 1. The third kappa shape index (κ3) is 3.48. The molecule has 2 atom stereocenters. The van der Waals surface area contributed by atoms with Crippen LogP contribution in [0.1, 0.15) is 28.9 Å². The summed E-state index contributed by atoms with van der Waals surface area (Å²) in [7, 11) is 0. The lowest BCUT2D eigenvalue weighted by atomic mass is 9.81. The second-order valence-corrected chi connectivity index (χ2v) is 6.90. The first-order chi connectivity index (χ1) is 12.2. The number of fused-ring (bicyclic) bond motifs is 2. The third-order valence-electron chi connectivity index (χ3n) is 5.23. The molecule has 2 unspecified atom stereocenters. The number of hydrogen-bond acceptors (Lipinski definition) is 4. The van der Waals surface area contributed by atoms with E-state index in [-0.39, 0.29) is 23.8 Å². The second kappa shape index (κ2) is 7.02. The van der Waals surface area contributed by atoms with E-state index in [1.807, 2.05) is 6.07 Å². The maximum atomic E-state index is 13.0. The Morgan fingerprint density at radius 2 is 1.84 bits per heavy atom. The van der Waals surface area contributed by atoms with Gasteiger partial charge in [0.25, 0.3) is 0 Å². The molecule has 2 fully saturated rings. The van der Waals surface area contributed by atoms with E-state index in [1.54, 1.807) is 0 Å². The highest BCUT2D eigenvalue weighted by molar-refractivity contribution is 5.96. The summed E-state index contributed by atoms with van der Waals surface area (Å²) in [4.78, 5) is 19.2. The average Bonchev–Trinajstić information content (AvgIpc) is 2.62. The lowest BCUT2D eigenvalue weighted by Gasteiger charge is -2.48. The number of benzene rings is 1. The van der Waals surface area contributed by atoms with Crippen molar-refractivity contribution in [2.24, 2.45) is 5.92 Å². The average molecular weight is 340 g/mol. The minimum absolute atomic E-state index is 0.0243. The van der Waals surface area contributed by atoms with Crippen LogP contribution in [-0.4, -0.2) is 41.0 Å². The van der Waals surface area contributed by atoms with E-state index in [9.17, 15) is 9.18 Å². The second-order valence-electron chi connectivity index (χ2n) is 6.90. The fraction of sp³-hybridized carbons (Fsp3) is 0.400. The number of piperidine rings is 1. The van der Waals surface area contributed by atoms with Crippen LogP contribution in [0.4, 0.5) is 4.39 Å². The predicted octanol–water partition coefficient (Wildman–Crippen LogP) is 3.08. The molecule has 4 nitrogen and oxygen atoms in total. The van der Waals surface area contributed by atoms with Gasteiger partial charge in [0.2, 0.25) is 0 Å². The van der Waals surface area contributed by atoms with Gasteiger partial charge in [-0.05, 0) is 30.5 Å². The van der Waals surface area contributed by atoms with E-state index in [0.29, 0.717) is 18.9 Å². The van der Waals surface area contributed by atoms with Gasteiger partial charge in [-0.2, -0.15) is 0 Å². The smallest absolute Gasteiger partial charge is 0.184 e. The highest BCUT2D eigenvalue weighted by Crippen LogP contribution is 2.34. The molecule has 2 aliphatic heterocycles. The number of ether oxygens (including phenoxy) is 1. The van der Waals surface area contributed by atoms with E-state index in [4.69, 9.17) is 4.74 Å². The fourth-order valence-electron chi connectivity index (χ4n) is 3.99. The fourth-order valence-corrected chi connectivity index (χ4v) is 3.99. The van der Waals surface area contributed by atoms with Crippen molar-refractivity contribution < 1.29 is 13.9 Å². The van der Waals surface area contributed by atoms with Crippen molar-refractivity contribution in [3.63, 3.8) is 0 Å². The standard InChI is InChI=1S/C20H21FN2O2/c21-16-6-7-19(22-10-16)20(24)15-8-17-12-25-13-18(9-15)23(17)11-14-4-2-1-3-5-14/h1-7,10,15,17-18H,8-9,11-13H2. The molecule has 0 radical (unpaired) electrons. The van der Waals surface area contributed by atoms with Crippen molar-refractivity contribution in [3.05, 3.63) is 65.7 Å². The van der Waals surface area contributed by atoms with Crippen LogP contribution < -0.4 is 0 Å². The molecule has 1 aromatic carbocycles. The molecular weight excluding hydrogens is 319 g/mol. The van der Waals surface area contributed by atoms with Gasteiger partial charge in [-0.15, -0.1) is 0 Å². The van der Waals surface area contributed by atoms with Gasteiger partial charge >= 0.3 is 0 Å². The molecule has 0 spiro atoms. The third-order valence-corrected chi connectivity index (χ3v) is 5.23. The van der Waals surface area contributed by atoms with Crippen LogP contribution in [0.3, 0.4) is 0 Å². The van der Waals surface area contributed by atoms with Crippen LogP contribution in [-0.2, 0) is 11.3 Å². The van der Waals surface area contributed by atoms with E-state index in [1.165, 1.54) is 17.7 Å². The van der Waals surface area contributed by atoms with E-state index < -0.39 is 5.82 Å². The minimum atomic E-state index is -0.417. The van der Waals surface area contributed by atoms with Gasteiger partial charge in [0, 0.05) is 24.5 Å². The van der Waals surface area contributed by atoms with E-state index in [0.717, 1.165) is 25.6 Å². The number of nitrogens with zero attached hydrogens (tertiary/aromatic N) is 2. The Morgan fingerprint density at radius 1 is 1.12 bits per heavy atom. The number of halogens is 1. The zero-order valence-corrected chi connectivity index (χ0v) is 14.0. The van der Waals surface area contributed by atoms with Crippen LogP contribution in [0.15, 0.2) is 48.7 Å². The maximum Gasteiger partial charge on any atom is 0.184 e. The number of Topliss-reactive ketones (excluding diaryl/α,β-unsaturated/α-hetero) is 1. The molecular formula is C20H21FN2O2. The predicted molar refractivity (Wildman–Crippen MR) is 91.6 cm³/mol. The number of hydrogen-bond donors (Lipinski definition) is 0. The quantitative estimate of drug-likeness (QED) is 0.802. The molecule has 4 rings (SSSR count). The van der Waals surface area contributed by atoms with Crippen LogP contribution in [0.2, 0.25) is 0 Å². The van der Waals surface area contributed by atoms with E-state index >= 15 is 0 Å². The zero-order chi connectivity index (χ0) is 17.2. The SMILES string of the molecule is O=C(c1ccc(F)cn1)C1CC2COCC(C1)N2Cc1ccccc1. The van der Waals surface area contributed by atoms with Crippen LogP contribution in [0, 0.1) is 11.7 Å². The number of morpholine rings is 1. The molecule has 130 valence electrons. The van der Waals surface area contributed by atoms with Crippen molar-refractivity contribution in [3.8, 4) is 0 Å². The Labute approximate surface area is 146 Å². The first kappa shape index (κ1) is 16.4. The molecule has 0 amide bonds. The Hall–Kier alpha value is -2.11. The van der Waals surface area contributed by atoms with Crippen LogP contribution in [0.5, 0.6) is 0 Å². The topological polar surface area (TPSA) is 42.4 Å². The number of carbonyl (C=O) groups excluding carboxylic acids is 1. The highest BCUT2D eigenvalue weighted by Gasteiger charge is 2.41. The summed E-state index contributed by atoms with van der Waals surface area (Å²) >= 11 is 0. The molecule has 0 N–H and O–H groups in total. The van der Waals surface area contributed by atoms with Gasteiger partial charge < -0.3 is 4.74 Å². The maximum absolute atomic E-state index is 13.0. The molecule has 5 heteroatoms. The molecule has 2 aromatic rings. The monoisotopic (exact) mass is 340 g/mol. The molecule has 2 bridgehead atoms. The van der Waals surface area contributed by atoms with Gasteiger partial charge in [-0.3, -0.25) is 14.7 Å². The van der Waals surface area contributed by atoms with E-state index in [2.05, 4.69) is 34.1 Å². The van der Waals surface area contributed by atoms with Gasteiger partial charge in [0.1, 0.15) is 11.5 Å². The van der Waals surface area contributed by atoms with Crippen molar-refractivity contribution >= 4 is 5.78 Å². The summed E-state index contributed by atoms with van der Waals surface area (Å²) in [6, 6.07) is 13.7. The summed E-state index contributed by atoms with van der Waals surface area (Å²) in [5, 5.41) is 0. The van der Waals surface area contributed by atoms with Gasteiger partial charge in [0.05, 0.1) is 19.4 Å². The molecule has 1 aromatic heterocycles. The summed E-state index contributed by atoms with van der Waals surface area (Å²) in [5.74, 6) is -0.459. The number of ketones is 1. The Bertz CT molecular complexity index is 721. The largest absolute Gasteiger partial charge is 0.378 e. The Morgan fingerprint density at radius 3 is 2.48 bits per heavy atom. The minimum Gasteiger partial charge on any atom is -0.378 e. The summed E-state index contributed by atoms with van der Waals surface area (Å²) in [6.07, 6.45) is 2.64. The molecule has 25 heavy (non-hydrogen) atoms. The Balaban J connectivity index is 1.49. The molecule has 2 aliphatic rings. The van der Waals surface area contributed by atoms with Gasteiger partial charge in [-0.1, -0.05) is 30.3 Å². The van der Waals surface area contributed by atoms with Crippen LogP contribution in [0.25, 0.3) is 0 Å². The lowest BCUT2D eigenvalue weighted by Crippen LogP contribution is -2.57. The molecule has 0 aliphatic carbocycles. The van der Waals surface area contributed by atoms with Gasteiger partial charge in [0.15, 0.2) is 5.78 Å².